The summed E-state index contributed by atoms with van der Waals surface area (Å²) in [5, 5.41) is 21.2. The van der Waals surface area contributed by atoms with Crippen molar-refractivity contribution < 1.29 is 24.5 Å². The largest absolute Gasteiger partial charge is 0.507 e. The zero-order valence-corrected chi connectivity index (χ0v) is 18.8. The number of amides is 1. The van der Waals surface area contributed by atoms with Gasteiger partial charge in [-0.3, -0.25) is 14.5 Å². The molecule has 33 heavy (non-hydrogen) atoms. The molecular weight excluding hydrogens is 442 g/mol. The van der Waals surface area contributed by atoms with Crippen LogP contribution in [0.1, 0.15) is 31.0 Å². The Balaban J connectivity index is 1.92. The summed E-state index contributed by atoms with van der Waals surface area (Å²) in [6.45, 7) is 3.76. The van der Waals surface area contributed by atoms with Gasteiger partial charge in [0.15, 0.2) is 0 Å². The highest BCUT2D eigenvalue weighted by molar-refractivity contribution is 6.51. The molecule has 0 saturated carbocycles. The molecular formula is C26H22ClNO5. The normalized spacial score (nSPS) is 17.6. The first-order valence-corrected chi connectivity index (χ1v) is 10.8. The summed E-state index contributed by atoms with van der Waals surface area (Å²) < 4.78 is 5.71. The average Bonchev–Trinajstić information content (AvgIpc) is 3.06. The standard InChI is InChI=1S/C26H22ClNO5/c1-15(2)33-19-10-6-7-17(13-19)24(30)22-23(16-11-12-21(29)20(27)14-16)28(26(32)25(22)31)18-8-4-3-5-9-18/h3-15,23,29-30H,1-2H3/b24-22-. The molecule has 1 amide bonds. The molecule has 4 rings (SSSR count). The molecule has 168 valence electrons. The van der Waals surface area contributed by atoms with E-state index in [2.05, 4.69) is 0 Å². The Labute approximate surface area is 196 Å². The molecule has 0 radical (unpaired) electrons. The number of aliphatic hydroxyl groups excluding tert-OH is 1. The average molecular weight is 464 g/mol. The molecule has 1 atom stereocenters. The second-order valence-electron chi connectivity index (χ2n) is 7.91. The van der Waals surface area contributed by atoms with Crippen molar-refractivity contribution in [1.82, 2.24) is 0 Å². The van der Waals surface area contributed by atoms with Crippen LogP contribution in [0.15, 0.2) is 78.4 Å². The quantitative estimate of drug-likeness (QED) is 0.298. The third kappa shape index (κ3) is 4.30. The van der Waals surface area contributed by atoms with Crippen LogP contribution in [0.4, 0.5) is 5.69 Å². The molecule has 2 N–H and O–H groups in total. The van der Waals surface area contributed by atoms with Gasteiger partial charge in [-0.05, 0) is 55.8 Å². The minimum atomic E-state index is -0.944. The monoisotopic (exact) mass is 463 g/mol. The number of aliphatic hydroxyl groups is 1. The molecule has 3 aromatic carbocycles. The Kier molecular flexibility index (Phi) is 6.11. The predicted molar refractivity (Wildman–Crippen MR) is 127 cm³/mol. The zero-order chi connectivity index (χ0) is 23.7. The Morgan fingerprint density at radius 1 is 1.00 bits per heavy atom. The fraction of sp³-hybridized carbons (Fsp3) is 0.154. The Bertz CT molecular complexity index is 1250. The van der Waals surface area contributed by atoms with Crippen LogP contribution in [-0.4, -0.2) is 28.0 Å². The number of hydrogen-bond donors (Lipinski definition) is 2. The second-order valence-corrected chi connectivity index (χ2v) is 8.32. The van der Waals surface area contributed by atoms with E-state index in [1.54, 1.807) is 60.7 Å². The zero-order valence-electron chi connectivity index (χ0n) is 18.0. The number of para-hydroxylation sites is 1. The summed E-state index contributed by atoms with van der Waals surface area (Å²) >= 11 is 6.14. The van der Waals surface area contributed by atoms with Crippen LogP contribution in [0.25, 0.3) is 5.76 Å². The summed E-state index contributed by atoms with van der Waals surface area (Å²) in [5.41, 5.74) is 1.23. The smallest absolute Gasteiger partial charge is 0.300 e. The number of phenolic OH excluding ortho intramolecular Hbond substituents is 1. The SMILES string of the molecule is CC(C)Oc1cccc(/C(O)=C2/C(=O)C(=O)N(c3ccccc3)C2c2ccc(O)c(Cl)c2)c1. The van der Waals surface area contributed by atoms with Gasteiger partial charge >= 0.3 is 0 Å². The third-order valence-electron chi connectivity index (χ3n) is 5.25. The molecule has 7 heteroatoms. The van der Waals surface area contributed by atoms with Gasteiger partial charge in [0.05, 0.1) is 22.7 Å². The summed E-state index contributed by atoms with van der Waals surface area (Å²) in [4.78, 5) is 27.6. The van der Waals surface area contributed by atoms with E-state index >= 15 is 0 Å². The second kappa shape index (κ2) is 9.00. The highest BCUT2D eigenvalue weighted by atomic mass is 35.5. The molecule has 1 aliphatic heterocycles. The summed E-state index contributed by atoms with van der Waals surface area (Å²) in [6.07, 6.45) is -0.0785. The first-order valence-electron chi connectivity index (χ1n) is 10.4. The van der Waals surface area contributed by atoms with Gasteiger partial charge in [0.2, 0.25) is 0 Å². The Morgan fingerprint density at radius 3 is 2.39 bits per heavy atom. The predicted octanol–water partition coefficient (Wildman–Crippen LogP) is 5.46. The fourth-order valence-electron chi connectivity index (χ4n) is 3.84. The minimum absolute atomic E-state index is 0.0680. The molecule has 6 nitrogen and oxygen atoms in total. The molecule has 3 aromatic rings. The van der Waals surface area contributed by atoms with E-state index in [0.717, 1.165) is 0 Å². The molecule has 0 aromatic heterocycles. The van der Waals surface area contributed by atoms with Crippen molar-refractivity contribution >= 4 is 34.7 Å². The minimum Gasteiger partial charge on any atom is -0.507 e. The maximum Gasteiger partial charge on any atom is 0.300 e. The van der Waals surface area contributed by atoms with Gasteiger partial charge in [-0.1, -0.05) is 48.0 Å². The molecule has 1 fully saturated rings. The van der Waals surface area contributed by atoms with Crippen molar-refractivity contribution in [3.05, 3.63) is 94.5 Å². The number of anilines is 1. The van der Waals surface area contributed by atoms with Crippen molar-refractivity contribution in [2.45, 2.75) is 26.0 Å². The third-order valence-corrected chi connectivity index (χ3v) is 5.55. The number of rotatable bonds is 5. The van der Waals surface area contributed by atoms with Crippen molar-refractivity contribution in [2.75, 3.05) is 4.90 Å². The van der Waals surface area contributed by atoms with Gasteiger partial charge in [0.25, 0.3) is 11.7 Å². The highest BCUT2D eigenvalue weighted by Crippen LogP contribution is 2.43. The number of phenols is 1. The topological polar surface area (TPSA) is 87.1 Å². The van der Waals surface area contributed by atoms with Gasteiger partial charge in [-0.2, -0.15) is 0 Å². The number of Topliss-reactive ketones (excluding diaryl/α,β-unsaturated/α-hetero) is 1. The lowest BCUT2D eigenvalue weighted by Gasteiger charge is -2.25. The number of hydrogen-bond acceptors (Lipinski definition) is 5. The molecule has 1 aliphatic rings. The van der Waals surface area contributed by atoms with Crippen LogP contribution < -0.4 is 9.64 Å². The lowest BCUT2D eigenvalue weighted by Crippen LogP contribution is -2.29. The van der Waals surface area contributed by atoms with Gasteiger partial charge < -0.3 is 14.9 Å². The summed E-state index contributed by atoms with van der Waals surface area (Å²) in [7, 11) is 0. The summed E-state index contributed by atoms with van der Waals surface area (Å²) in [6, 6.07) is 18.9. The number of halogens is 1. The van der Waals surface area contributed by atoms with E-state index in [0.29, 0.717) is 22.6 Å². The van der Waals surface area contributed by atoms with Crippen LogP contribution in [-0.2, 0) is 9.59 Å². The van der Waals surface area contributed by atoms with Gasteiger partial charge in [0, 0.05) is 11.3 Å². The van der Waals surface area contributed by atoms with E-state index < -0.39 is 17.7 Å². The van der Waals surface area contributed by atoms with Crippen LogP contribution in [0.2, 0.25) is 5.02 Å². The lowest BCUT2D eigenvalue weighted by atomic mass is 9.95. The van der Waals surface area contributed by atoms with Crippen molar-refractivity contribution in [3.63, 3.8) is 0 Å². The van der Waals surface area contributed by atoms with Crippen LogP contribution in [0, 0.1) is 0 Å². The van der Waals surface area contributed by atoms with E-state index in [1.165, 1.54) is 17.0 Å². The molecule has 0 aliphatic carbocycles. The first-order chi connectivity index (χ1) is 15.8. The summed E-state index contributed by atoms with van der Waals surface area (Å²) in [5.74, 6) is -1.52. The van der Waals surface area contributed by atoms with Gasteiger partial charge in [0.1, 0.15) is 17.3 Å². The van der Waals surface area contributed by atoms with Crippen LogP contribution in [0.3, 0.4) is 0 Å². The number of carbonyl (C=O) groups excluding carboxylic acids is 2. The fourth-order valence-corrected chi connectivity index (χ4v) is 4.03. The molecule has 0 bridgehead atoms. The maximum atomic E-state index is 13.2. The van der Waals surface area contributed by atoms with Gasteiger partial charge in [-0.25, -0.2) is 0 Å². The molecule has 0 spiro atoms. The lowest BCUT2D eigenvalue weighted by molar-refractivity contribution is -0.132. The van der Waals surface area contributed by atoms with Crippen molar-refractivity contribution in [3.8, 4) is 11.5 Å². The number of aromatic hydroxyl groups is 1. The Morgan fingerprint density at radius 2 is 1.73 bits per heavy atom. The van der Waals surface area contributed by atoms with Crippen LogP contribution in [0.5, 0.6) is 11.5 Å². The maximum absolute atomic E-state index is 13.2. The van der Waals surface area contributed by atoms with Crippen molar-refractivity contribution in [1.29, 1.82) is 0 Å². The van der Waals surface area contributed by atoms with E-state index in [9.17, 15) is 19.8 Å². The highest BCUT2D eigenvalue weighted by Gasteiger charge is 2.47. The van der Waals surface area contributed by atoms with Gasteiger partial charge in [-0.15, -0.1) is 0 Å². The number of ketones is 1. The van der Waals surface area contributed by atoms with E-state index in [-0.39, 0.29) is 28.2 Å². The van der Waals surface area contributed by atoms with Crippen molar-refractivity contribution in [2.24, 2.45) is 0 Å². The number of carbonyl (C=O) groups is 2. The number of ether oxygens (including phenoxy) is 1. The number of benzene rings is 3. The van der Waals surface area contributed by atoms with Crippen LogP contribution >= 0.6 is 11.6 Å². The van der Waals surface area contributed by atoms with E-state index in [1.807, 2.05) is 13.8 Å². The molecule has 1 saturated heterocycles. The first kappa shape index (κ1) is 22.4. The molecule has 1 heterocycles. The number of nitrogens with zero attached hydrogens (tertiary/aromatic N) is 1. The Hall–Kier alpha value is -3.77. The van der Waals surface area contributed by atoms with E-state index in [4.69, 9.17) is 16.3 Å². The molecule has 1 unspecified atom stereocenters.